The number of nitrogens with two attached hydrogens (primary N) is 1. The highest BCUT2D eigenvalue weighted by molar-refractivity contribution is 5.70. The lowest BCUT2D eigenvalue weighted by Crippen LogP contribution is -2.17. The molecule has 0 aliphatic heterocycles. The van der Waals surface area contributed by atoms with Crippen molar-refractivity contribution in [3.05, 3.63) is 53.6 Å². The van der Waals surface area contributed by atoms with Crippen molar-refractivity contribution in [2.75, 3.05) is 17.2 Å². The summed E-state index contributed by atoms with van der Waals surface area (Å²) in [5.74, 6) is 0. The van der Waals surface area contributed by atoms with E-state index in [-0.39, 0.29) is 0 Å². The minimum atomic E-state index is 0.807. The second-order valence-electron chi connectivity index (χ2n) is 4.63. The van der Waals surface area contributed by atoms with E-state index in [1.165, 1.54) is 22.5 Å². The van der Waals surface area contributed by atoms with E-state index in [9.17, 15) is 0 Å². The van der Waals surface area contributed by atoms with E-state index in [1.807, 2.05) is 12.1 Å². The zero-order valence-corrected chi connectivity index (χ0v) is 11.3. The number of anilines is 3. The van der Waals surface area contributed by atoms with Crippen molar-refractivity contribution in [2.24, 2.45) is 0 Å². The smallest absolute Gasteiger partial charge is 0.0460 e. The first-order valence-corrected chi connectivity index (χ1v) is 6.32. The van der Waals surface area contributed by atoms with Crippen molar-refractivity contribution in [3.8, 4) is 0 Å². The van der Waals surface area contributed by atoms with Gasteiger partial charge in [-0.3, -0.25) is 0 Å². The fourth-order valence-electron chi connectivity index (χ4n) is 2.21. The maximum Gasteiger partial charge on any atom is 0.0460 e. The average Bonchev–Trinajstić information content (AvgIpc) is 2.35. The van der Waals surface area contributed by atoms with Crippen LogP contribution in [-0.2, 0) is 0 Å². The Balaban J connectivity index is 2.48. The van der Waals surface area contributed by atoms with Crippen LogP contribution in [0.25, 0.3) is 0 Å². The summed E-state index contributed by atoms with van der Waals surface area (Å²) in [6, 6.07) is 14.6. The number of rotatable bonds is 3. The lowest BCUT2D eigenvalue weighted by Gasteiger charge is -2.25. The third kappa shape index (κ3) is 2.48. The Kier molecular flexibility index (Phi) is 3.56. The molecule has 0 aliphatic carbocycles. The number of hydrogen-bond acceptors (Lipinski definition) is 2. The van der Waals surface area contributed by atoms with Crippen molar-refractivity contribution in [1.82, 2.24) is 0 Å². The van der Waals surface area contributed by atoms with Gasteiger partial charge >= 0.3 is 0 Å². The van der Waals surface area contributed by atoms with Crippen molar-refractivity contribution in [1.29, 1.82) is 0 Å². The van der Waals surface area contributed by atoms with Gasteiger partial charge in [-0.1, -0.05) is 18.2 Å². The Bertz CT molecular complexity index is 547. The van der Waals surface area contributed by atoms with Crippen molar-refractivity contribution in [3.63, 3.8) is 0 Å². The van der Waals surface area contributed by atoms with Crippen LogP contribution in [0.3, 0.4) is 0 Å². The Morgan fingerprint density at radius 3 is 2.50 bits per heavy atom. The van der Waals surface area contributed by atoms with Gasteiger partial charge in [-0.15, -0.1) is 0 Å². The van der Waals surface area contributed by atoms with Gasteiger partial charge in [-0.05, 0) is 56.2 Å². The van der Waals surface area contributed by atoms with Crippen LogP contribution < -0.4 is 10.6 Å². The van der Waals surface area contributed by atoms with E-state index in [1.54, 1.807) is 0 Å². The summed E-state index contributed by atoms with van der Waals surface area (Å²) in [5.41, 5.74) is 11.6. The maximum absolute atomic E-state index is 5.90. The predicted octanol–water partition coefficient (Wildman–Crippen LogP) is 4.04. The second-order valence-corrected chi connectivity index (χ2v) is 4.63. The third-order valence-corrected chi connectivity index (χ3v) is 3.15. The summed E-state index contributed by atoms with van der Waals surface area (Å²) in [6.07, 6.45) is 0. The molecule has 0 atom stereocenters. The average molecular weight is 240 g/mol. The number of aryl methyl sites for hydroxylation is 2. The molecule has 2 rings (SSSR count). The molecule has 0 amide bonds. The molecule has 0 saturated carbocycles. The van der Waals surface area contributed by atoms with Gasteiger partial charge < -0.3 is 10.6 Å². The number of nitrogen functional groups attached to an aromatic ring is 1. The molecular weight excluding hydrogens is 220 g/mol. The van der Waals surface area contributed by atoms with Gasteiger partial charge in [0.2, 0.25) is 0 Å². The standard InChI is InChI=1S/C16H20N2/c1-4-18(15-7-5-6-12(2)10-15)16-11-14(17)9-8-13(16)3/h5-11H,4,17H2,1-3H3. The Labute approximate surface area is 109 Å². The van der Waals surface area contributed by atoms with Crippen LogP contribution in [0.15, 0.2) is 42.5 Å². The Hall–Kier alpha value is -1.96. The summed E-state index contributed by atoms with van der Waals surface area (Å²) < 4.78 is 0. The molecule has 0 aromatic heterocycles. The molecule has 0 bridgehead atoms. The molecule has 0 spiro atoms. The van der Waals surface area contributed by atoms with Gasteiger partial charge in [0, 0.05) is 23.6 Å². The fourth-order valence-corrected chi connectivity index (χ4v) is 2.21. The lowest BCUT2D eigenvalue weighted by atomic mass is 10.1. The quantitative estimate of drug-likeness (QED) is 0.820. The van der Waals surface area contributed by atoms with E-state index in [0.717, 1.165) is 12.2 Å². The molecule has 2 aromatic carbocycles. The van der Waals surface area contributed by atoms with Crippen LogP contribution in [0.5, 0.6) is 0 Å². The van der Waals surface area contributed by atoms with Crippen LogP contribution in [0.2, 0.25) is 0 Å². The van der Waals surface area contributed by atoms with Gasteiger partial charge in [-0.2, -0.15) is 0 Å². The molecule has 2 N–H and O–H groups in total. The largest absolute Gasteiger partial charge is 0.399 e. The van der Waals surface area contributed by atoms with Crippen molar-refractivity contribution in [2.45, 2.75) is 20.8 Å². The first-order valence-electron chi connectivity index (χ1n) is 6.32. The van der Waals surface area contributed by atoms with Gasteiger partial charge in [0.15, 0.2) is 0 Å². The molecule has 0 saturated heterocycles. The Morgan fingerprint density at radius 1 is 1.06 bits per heavy atom. The van der Waals surface area contributed by atoms with Gasteiger partial charge in [0.25, 0.3) is 0 Å². The monoisotopic (exact) mass is 240 g/mol. The van der Waals surface area contributed by atoms with Gasteiger partial charge in [-0.25, -0.2) is 0 Å². The summed E-state index contributed by atoms with van der Waals surface area (Å²) in [5, 5.41) is 0. The van der Waals surface area contributed by atoms with Crippen molar-refractivity contribution >= 4 is 17.1 Å². The van der Waals surface area contributed by atoms with Crippen LogP contribution >= 0.6 is 0 Å². The minimum Gasteiger partial charge on any atom is -0.399 e. The normalized spacial score (nSPS) is 10.4. The SMILES string of the molecule is CCN(c1cccc(C)c1)c1cc(N)ccc1C. The molecule has 2 nitrogen and oxygen atoms in total. The lowest BCUT2D eigenvalue weighted by molar-refractivity contribution is 1.01. The van der Waals surface area contributed by atoms with Gasteiger partial charge in [0.05, 0.1) is 0 Å². The van der Waals surface area contributed by atoms with E-state index in [0.29, 0.717) is 0 Å². The molecule has 0 unspecified atom stereocenters. The number of hydrogen-bond donors (Lipinski definition) is 1. The first-order chi connectivity index (χ1) is 8.61. The van der Waals surface area contributed by atoms with E-state index < -0.39 is 0 Å². The van der Waals surface area contributed by atoms with E-state index in [2.05, 4.69) is 56.0 Å². The summed E-state index contributed by atoms with van der Waals surface area (Å²) in [4.78, 5) is 2.29. The van der Waals surface area contributed by atoms with Crippen LogP contribution in [-0.4, -0.2) is 6.54 Å². The highest BCUT2D eigenvalue weighted by atomic mass is 15.1. The highest BCUT2D eigenvalue weighted by Gasteiger charge is 2.10. The summed E-state index contributed by atoms with van der Waals surface area (Å²) in [6.45, 7) is 7.31. The van der Waals surface area contributed by atoms with Crippen LogP contribution in [0.4, 0.5) is 17.1 Å². The summed E-state index contributed by atoms with van der Waals surface area (Å²) >= 11 is 0. The molecule has 2 aromatic rings. The molecule has 94 valence electrons. The zero-order chi connectivity index (χ0) is 13.1. The van der Waals surface area contributed by atoms with E-state index >= 15 is 0 Å². The topological polar surface area (TPSA) is 29.3 Å². The first kappa shape index (κ1) is 12.5. The van der Waals surface area contributed by atoms with Crippen LogP contribution in [0.1, 0.15) is 18.1 Å². The molecule has 2 heteroatoms. The minimum absolute atomic E-state index is 0.807. The molecule has 0 heterocycles. The number of benzene rings is 2. The number of nitrogens with zero attached hydrogens (tertiary/aromatic N) is 1. The highest BCUT2D eigenvalue weighted by Crippen LogP contribution is 2.30. The molecular formula is C16H20N2. The van der Waals surface area contributed by atoms with E-state index in [4.69, 9.17) is 5.73 Å². The molecule has 0 aliphatic rings. The molecule has 0 fully saturated rings. The van der Waals surface area contributed by atoms with Crippen LogP contribution in [0, 0.1) is 13.8 Å². The maximum atomic E-state index is 5.90. The second kappa shape index (κ2) is 5.13. The summed E-state index contributed by atoms with van der Waals surface area (Å²) in [7, 11) is 0. The molecule has 0 radical (unpaired) electrons. The third-order valence-electron chi connectivity index (χ3n) is 3.15. The van der Waals surface area contributed by atoms with Crippen molar-refractivity contribution < 1.29 is 0 Å². The fraction of sp³-hybridized carbons (Fsp3) is 0.250. The Morgan fingerprint density at radius 2 is 1.83 bits per heavy atom. The zero-order valence-electron chi connectivity index (χ0n) is 11.3. The van der Waals surface area contributed by atoms with Gasteiger partial charge in [0.1, 0.15) is 0 Å². The molecule has 18 heavy (non-hydrogen) atoms. The predicted molar refractivity (Wildman–Crippen MR) is 79.5 cm³/mol.